The number of nitrogens with zero attached hydrogens (tertiary/aromatic N) is 6. The summed E-state index contributed by atoms with van der Waals surface area (Å²) in [6.07, 6.45) is -6.30. The lowest BCUT2D eigenvalue weighted by Crippen LogP contribution is -2.47. The molecule has 0 spiro atoms. The largest absolute Gasteiger partial charge is 0.472 e. The summed E-state index contributed by atoms with van der Waals surface area (Å²) in [7, 11) is -10.3. The number of aliphatic hydroxyl groups is 1. The zero-order valence-electron chi connectivity index (χ0n) is 30.5. The molecule has 1 unspecified atom stereocenters. The van der Waals surface area contributed by atoms with Crippen molar-refractivity contribution in [3.05, 3.63) is 48.1 Å². The average molecular weight is 878 g/mol. The van der Waals surface area contributed by atoms with Gasteiger partial charge in [0.2, 0.25) is 5.91 Å². The highest BCUT2D eigenvalue weighted by molar-refractivity contribution is 8.13. The Labute approximate surface area is 332 Å². The summed E-state index contributed by atoms with van der Waals surface area (Å²) >= 11 is 0.901. The van der Waals surface area contributed by atoms with Crippen molar-refractivity contribution in [2.24, 2.45) is 0 Å². The minimum Gasteiger partial charge on any atom is -0.455 e. The van der Waals surface area contributed by atoms with Crippen molar-refractivity contribution < 1.29 is 71.1 Å². The van der Waals surface area contributed by atoms with Crippen molar-refractivity contribution in [3.63, 3.8) is 0 Å². The van der Waals surface area contributed by atoms with Gasteiger partial charge in [0.25, 0.3) is 0 Å². The van der Waals surface area contributed by atoms with Crippen LogP contribution in [0.5, 0.6) is 0 Å². The molecule has 5 heterocycles. The molecule has 25 nitrogen and oxygen atoms in total. The molecule has 3 aromatic heterocycles. The van der Waals surface area contributed by atoms with Crippen LogP contribution in [0.2, 0.25) is 0 Å². The quantitative estimate of drug-likeness (QED) is 0.0451. The van der Waals surface area contributed by atoms with Gasteiger partial charge in [-0.1, -0.05) is 24.8 Å². The van der Waals surface area contributed by atoms with E-state index in [-0.39, 0.29) is 42.1 Å². The molecule has 9 N–H and O–H groups in total. The summed E-state index contributed by atoms with van der Waals surface area (Å²) in [5.41, 5.74) is 10.8. The summed E-state index contributed by atoms with van der Waals surface area (Å²) in [6, 6.07) is -0.251. The summed E-state index contributed by atoms with van der Waals surface area (Å²) in [5.74, 6) is -1.51. The number of aliphatic hydroxyl groups excluding tert-OH is 1. The van der Waals surface area contributed by atoms with Crippen molar-refractivity contribution in [1.29, 1.82) is 0 Å². The Balaban J connectivity index is 1.38. The molecule has 0 aromatic carbocycles. The molecule has 0 aliphatic carbocycles. The SMILES string of the molecule is C=CCCC(=O)N[C@H](CC(=O)SCC)C(=O)O[C@H]1[C@@H](O)[C@H](n2cnc3c(N)ncnc32)O[C@H]1COP(=O)(O)O[C@H]1C[C@H](n2ccc(N)nc2=O)O[C@@H]1COP(=O)(O)O. The second kappa shape index (κ2) is 19.3. The number of phosphoric acid groups is 2. The molecule has 28 heteroatoms. The first kappa shape index (κ1) is 44.9. The number of amides is 1. The molecule has 1 amide bonds. The maximum Gasteiger partial charge on any atom is 0.472 e. The molecular formula is C30H41N9O16P2S. The Morgan fingerprint density at radius 1 is 1.12 bits per heavy atom. The smallest absolute Gasteiger partial charge is 0.455 e. The lowest BCUT2D eigenvalue weighted by molar-refractivity contribution is -0.160. The van der Waals surface area contributed by atoms with Gasteiger partial charge in [0.15, 0.2) is 28.9 Å². The van der Waals surface area contributed by atoms with Crippen molar-refractivity contribution in [2.45, 2.75) is 81.6 Å². The number of carbonyl (C=O) groups excluding carboxylic acids is 3. The molecule has 58 heavy (non-hydrogen) atoms. The van der Waals surface area contributed by atoms with Gasteiger partial charge >= 0.3 is 27.3 Å². The van der Waals surface area contributed by atoms with Crippen LogP contribution in [0, 0.1) is 0 Å². The number of esters is 1. The molecule has 318 valence electrons. The van der Waals surface area contributed by atoms with Crippen molar-refractivity contribution in [2.75, 3.05) is 30.4 Å². The molecule has 2 fully saturated rings. The molecule has 3 aromatic rings. The first-order valence-corrected chi connectivity index (χ1v) is 21.3. The van der Waals surface area contributed by atoms with Crippen molar-refractivity contribution in [1.82, 2.24) is 34.4 Å². The van der Waals surface area contributed by atoms with Crippen LogP contribution >= 0.6 is 27.4 Å². The van der Waals surface area contributed by atoms with Crippen LogP contribution in [0.1, 0.15) is 45.1 Å². The number of thioether (sulfide) groups is 1. The third-order valence-corrected chi connectivity index (χ3v) is 10.8. The minimum atomic E-state index is -5.24. The number of ether oxygens (including phenoxy) is 3. The molecule has 0 saturated carbocycles. The number of hydrogen-bond donors (Lipinski definition) is 7. The molecule has 2 aliphatic rings. The Hall–Kier alpha value is -4.17. The van der Waals surface area contributed by atoms with E-state index < -0.39 is 107 Å². The van der Waals surface area contributed by atoms with E-state index in [1.54, 1.807) is 6.92 Å². The molecule has 2 saturated heterocycles. The summed E-state index contributed by atoms with van der Waals surface area (Å²) < 4.78 is 59.6. The number of allylic oxidation sites excluding steroid dienone is 1. The van der Waals surface area contributed by atoms with Crippen LogP contribution < -0.4 is 22.5 Å². The van der Waals surface area contributed by atoms with Crippen LogP contribution in [0.3, 0.4) is 0 Å². The fraction of sp³-hybridized carbons (Fsp3) is 0.533. The molecule has 0 radical (unpaired) electrons. The number of imidazole rings is 1. The number of aromatic nitrogens is 6. The highest BCUT2D eigenvalue weighted by Gasteiger charge is 2.50. The van der Waals surface area contributed by atoms with Crippen LogP contribution in [-0.2, 0) is 51.3 Å². The topological polar surface area (TPSA) is 364 Å². The first-order chi connectivity index (χ1) is 27.4. The second-order valence-electron chi connectivity index (χ2n) is 12.6. The van der Waals surface area contributed by atoms with Crippen molar-refractivity contribution >= 4 is 67.2 Å². The summed E-state index contributed by atoms with van der Waals surface area (Å²) in [6.45, 7) is 3.48. The van der Waals surface area contributed by atoms with Crippen molar-refractivity contribution in [3.8, 4) is 0 Å². The highest BCUT2D eigenvalue weighted by atomic mass is 32.2. The highest BCUT2D eigenvalue weighted by Crippen LogP contribution is 2.50. The van der Waals surface area contributed by atoms with Crippen LogP contribution in [0.4, 0.5) is 11.6 Å². The van der Waals surface area contributed by atoms with Gasteiger partial charge in [0, 0.05) is 25.5 Å². The van der Waals surface area contributed by atoms with Crippen LogP contribution in [-0.4, -0.2) is 121 Å². The van der Waals surface area contributed by atoms with E-state index in [1.807, 2.05) is 0 Å². The number of fused-ring (bicyclic) bond motifs is 1. The van der Waals surface area contributed by atoms with E-state index in [0.29, 0.717) is 5.75 Å². The maximum atomic E-state index is 13.7. The van der Waals surface area contributed by atoms with Gasteiger partial charge in [0.1, 0.15) is 54.3 Å². The summed E-state index contributed by atoms with van der Waals surface area (Å²) in [5, 5.41) is 13.6. The number of hydrogen-bond acceptors (Lipinski definition) is 20. The Bertz CT molecular complexity index is 2140. The Morgan fingerprint density at radius 3 is 2.55 bits per heavy atom. The average Bonchev–Trinajstić information content (AvgIpc) is 3.84. The number of nitrogen functional groups attached to an aromatic ring is 2. The van der Waals surface area contributed by atoms with Gasteiger partial charge in [-0.25, -0.2) is 33.7 Å². The lowest BCUT2D eigenvalue weighted by atomic mass is 10.1. The van der Waals surface area contributed by atoms with Crippen LogP contribution in [0.25, 0.3) is 11.2 Å². The molecule has 2 aliphatic heterocycles. The van der Waals surface area contributed by atoms with Gasteiger partial charge in [0.05, 0.1) is 19.5 Å². The fourth-order valence-electron chi connectivity index (χ4n) is 5.90. The van der Waals surface area contributed by atoms with Gasteiger partial charge < -0.3 is 50.8 Å². The minimum absolute atomic E-state index is 0.0118. The Morgan fingerprint density at radius 2 is 1.86 bits per heavy atom. The predicted octanol–water partition coefficient (Wildman–Crippen LogP) is -0.562. The lowest BCUT2D eigenvalue weighted by Gasteiger charge is -2.25. The third-order valence-electron chi connectivity index (χ3n) is 8.51. The molecule has 9 atom stereocenters. The van der Waals surface area contributed by atoms with Gasteiger partial charge in [-0.3, -0.25) is 32.3 Å². The number of phosphoric ester groups is 2. The van der Waals surface area contributed by atoms with Gasteiger partial charge in [-0.2, -0.15) is 4.98 Å². The van der Waals surface area contributed by atoms with E-state index in [4.69, 9.17) is 34.7 Å². The van der Waals surface area contributed by atoms with E-state index in [0.717, 1.165) is 22.7 Å². The number of nitrogens with two attached hydrogens (primary N) is 2. The van der Waals surface area contributed by atoms with Gasteiger partial charge in [-0.05, 0) is 18.2 Å². The summed E-state index contributed by atoms with van der Waals surface area (Å²) in [4.78, 5) is 96.5. The Kier molecular flexibility index (Phi) is 14.9. The third kappa shape index (κ3) is 11.5. The van der Waals surface area contributed by atoms with Crippen LogP contribution in [0.15, 0.2) is 42.4 Å². The number of nitrogens with one attached hydrogen (secondary N) is 1. The molecule has 0 bridgehead atoms. The van der Waals surface area contributed by atoms with Gasteiger partial charge in [-0.15, -0.1) is 6.58 Å². The van der Waals surface area contributed by atoms with E-state index in [2.05, 4.69) is 36.4 Å². The predicted molar refractivity (Wildman–Crippen MR) is 199 cm³/mol. The zero-order valence-corrected chi connectivity index (χ0v) is 33.1. The monoisotopic (exact) mass is 877 g/mol. The number of rotatable bonds is 19. The normalized spacial score (nSPS) is 24.9. The second-order valence-corrected chi connectivity index (χ2v) is 16.6. The van der Waals surface area contributed by atoms with E-state index >= 15 is 0 Å². The molecular weight excluding hydrogens is 836 g/mol. The maximum absolute atomic E-state index is 13.7. The number of anilines is 2. The molecule has 5 rings (SSSR count). The zero-order chi connectivity index (χ0) is 42.4. The first-order valence-electron chi connectivity index (χ1n) is 17.3. The fourth-order valence-corrected chi connectivity index (χ4v) is 7.81. The standard InChI is InChI=1S/C30H41N9O16P2S/c1-3-5-6-20(40)36-15(9-22(41)58-4-2)29(43)54-25-18(53-28(24(25)42)39-14-35-23-26(32)33-13-34-27(23)39)12-51-57(48,49)55-16-10-21(38-8-7-19(31)37-30(38)44)52-17(16)11-50-56(45,46)47/h3,7-8,13-18,21,24-25,28,42H,1,4-6,9-12H2,2H3,(H,36,40)(H,48,49)(H2,31,37,44)(H2,32,33,34)(H2,45,46,47)/t15-,16+,17-,18+,21-,24-,25-,28-/m1/s1. The number of carbonyl (C=O) groups is 3. The van der Waals surface area contributed by atoms with E-state index in [9.17, 15) is 48.1 Å². The van der Waals surface area contributed by atoms with E-state index in [1.165, 1.54) is 29.2 Å².